The van der Waals surface area contributed by atoms with E-state index in [1.54, 1.807) is 0 Å². The molecule has 0 bridgehead atoms. The molecule has 94 valence electrons. The van der Waals surface area contributed by atoms with Crippen LogP contribution in [-0.4, -0.2) is 9.55 Å². The van der Waals surface area contributed by atoms with Crippen LogP contribution in [0.4, 0.5) is 0 Å². The number of aromatic amines is 1. The van der Waals surface area contributed by atoms with Crippen molar-refractivity contribution in [3.8, 4) is 0 Å². The molecule has 0 aromatic carbocycles. The summed E-state index contributed by atoms with van der Waals surface area (Å²) in [6, 6.07) is 0.0776. The maximum atomic E-state index is 12.1. The molecule has 1 heterocycles. The summed E-state index contributed by atoms with van der Waals surface area (Å²) in [5, 5.41) is 0.187. The van der Waals surface area contributed by atoms with Gasteiger partial charge in [0.25, 0.3) is 5.56 Å². The molecule has 5 heteroatoms. The van der Waals surface area contributed by atoms with Crippen molar-refractivity contribution < 1.29 is 0 Å². The van der Waals surface area contributed by atoms with E-state index in [1.165, 1.54) is 4.57 Å². The van der Waals surface area contributed by atoms with Crippen LogP contribution in [0.2, 0.25) is 5.15 Å². The molecule has 1 N–H and O–H groups in total. The second-order valence-corrected chi connectivity index (χ2v) is 4.98. The first kappa shape index (κ1) is 12.4. The van der Waals surface area contributed by atoms with Gasteiger partial charge in [0.2, 0.25) is 0 Å². The van der Waals surface area contributed by atoms with E-state index in [0.29, 0.717) is 17.9 Å². The van der Waals surface area contributed by atoms with Gasteiger partial charge < -0.3 is 0 Å². The van der Waals surface area contributed by atoms with Gasteiger partial charge in [-0.2, -0.15) is 0 Å². The van der Waals surface area contributed by atoms with Crippen molar-refractivity contribution in [3.63, 3.8) is 0 Å². The van der Waals surface area contributed by atoms with E-state index >= 15 is 0 Å². The fraction of sp³-hybridized carbons (Fsp3) is 0.667. The molecule has 1 aromatic heterocycles. The Morgan fingerprint density at radius 1 is 1.41 bits per heavy atom. The second-order valence-electron chi connectivity index (χ2n) is 4.60. The SMILES string of the molecule is CCCC1CC1n1c(=O)[nH]c(Cl)c(CC)c1=O. The van der Waals surface area contributed by atoms with E-state index in [2.05, 4.69) is 11.9 Å². The summed E-state index contributed by atoms with van der Waals surface area (Å²) >= 11 is 5.86. The summed E-state index contributed by atoms with van der Waals surface area (Å²) in [6.45, 7) is 3.98. The number of halogens is 1. The summed E-state index contributed by atoms with van der Waals surface area (Å²) in [6.07, 6.45) is 3.63. The van der Waals surface area contributed by atoms with Crippen LogP contribution in [0, 0.1) is 5.92 Å². The van der Waals surface area contributed by atoms with E-state index < -0.39 is 0 Å². The molecule has 0 radical (unpaired) electrons. The van der Waals surface area contributed by atoms with Crippen molar-refractivity contribution in [2.75, 3.05) is 0 Å². The summed E-state index contributed by atoms with van der Waals surface area (Å²) in [5.41, 5.74) is -0.0842. The van der Waals surface area contributed by atoms with Gasteiger partial charge in [0, 0.05) is 6.04 Å². The molecule has 17 heavy (non-hydrogen) atoms. The highest BCUT2D eigenvalue weighted by Crippen LogP contribution is 2.44. The Labute approximate surface area is 105 Å². The van der Waals surface area contributed by atoms with Crippen LogP contribution in [0.3, 0.4) is 0 Å². The minimum atomic E-state index is -0.374. The number of nitrogens with zero attached hydrogens (tertiary/aromatic N) is 1. The lowest BCUT2D eigenvalue weighted by molar-refractivity contribution is 0.566. The van der Waals surface area contributed by atoms with Gasteiger partial charge in [-0.1, -0.05) is 31.9 Å². The zero-order chi connectivity index (χ0) is 12.6. The lowest BCUT2D eigenvalue weighted by Gasteiger charge is -2.07. The van der Waals surface area contributed by atoms with Crippen molar-refractivity contribution in [1.29, 1.82) is 0 Å². The van der Waals surface area contributed by atoms with Crippen LogP contribution < -0.4 is 11.2 Å². The Hall–Kier alpha value is -1.03. The van der Waals surface area contributed by atoms with E-state index in [9.17, 15) is 9.59 Å². The van der Waals surface area contributed by atoms with E-state index in [4.69, 9.17) is 11.6 Å². The first-order valence-corrected chi connectivity index (χ1v) is 6.51. The predicted octanol–water partition coefficient (Wildman–Crippen LogP) is 2.11. The van der Waals surface area contributed by atoms with Gasteiger partial charge in [-0.15, -0.1) is 0 Å². The molecule has 1 aliphatic carbocycles. The average Bonchev–Trinajstić information content (AvgIpc) is 2.97. The fourth-order valence-corrected chi connectivity index (χ4v) is 2.69. The molecule has 1 aliphatic rings. The normalized spacial score (nSPS) is 22.8. The first-order chi connectivity index (χ1) is 8.10. The van der Waals surface area contributed by atoms with Crippen LogP contribution in [0.15, 0.2) is 9.59 Å². The highest BCUT2D eigenvalue weighted by atomic mass is 35.5. The first-order valence-electron chi connectivity index (χ1n) is 6.13. The van der Waals surface area contributed by atoms with Crippen LogP contribution in [0.25, 0.3) is 0 Å². The van der Waals surface area contributed by atoms with Gasteiger partial charge >= 0.3 is 5.69 Å². The van der Waals surface area contributed by atoms with Crippen LogP contribution >= 0.6 is 11.6 Å². The highest BCUT2D eigenvalue weighted by molar-refractivity contribution is 6.30. The maximum Gasteiger partial charge on any atom is 0.329 e. The molecule has 1 saturated carbocycles. The van der Waals surface area contributed by atoms with Gasteiger partial charge in [0.05, 0.1) is 5.56 Å². The van der Waals surface area contributed by atoms with Gasteiger partial charge in [0.1, 0.15) is 5.15 Å². The minimum Gasteiger partial charge on any atom is -0.297 e. The Bertz CT molecular complexity index is 532. The smallest absolute Gasteiger partial charge is 0.297 e. The van der Waals surface area contributed by atoms with Gasteiger partial charge in [-0.3, -0.25) is 14.3 Å². The highest BCUT2D eigenvalue weighted by Gasteiger charge is 2.40. The van der Waals surface area contributed by atoms with Crippen LogP contribution in [0.1, 0.15) is 44.7 Å². The number of rotatable bonds is 4. The molecule has 0 saturated heterocycles. The number of hydrogen-bond acceptors (Lipinski definition) is 2. The molecule has 2 atom stereocenters. The Balaban J connectivity index is 2.42. The molecule has 0 aliphatic heterocycles. The zero-order valence-corrected chi connectivity index (χ0v) is 10.9. The summed E-state index contributed by atoms with van der Waals surface area (Å²) < 4.78 is 1.35. The molecule has 2 rings (SSSR count). The van der Waals surface area contributed by atoms with Crippen molar-refractivity contribution in [1.82, 2.24) is 9.55 Å². The third-order valence-electron chi connectivity index (χ3n) is 3.41. The monoisotopic (exact) mass is 256 g/mol. The maximum absolute atomic E-state index is 12.1. The van der Waals surface area contributed by atoms with Crippen molar-refractivity contribution >= 4 is 11.6 Å². The number of hydrogen-bond donors (Lipinski definition) is 1. The van der Waals surface area contributed by atoms with Gasteiger partial charge in [-0.05, 0) is 25.2 Å². The van der Waals surface area contributed by atoms with E-state index in [1.807, 2.05) is 6.92 Å². The molecule has 0 amide bonds. The number of H-pyrrole nitrogens is 1. The Kier molecular flexibility index (Phi) is 3.43. The lowest BCUT2D eigenvalue weighted by atomic mass is 10.2. The topological polar surface area (TPSA) is 54.9 Å². The van der Waals surface area contributed by atoms with E-state index in [0.717, 1.165) is 19.3 Å². The van der Waals surface area contributed by atoms with Crippen LogP contribution in [0.5, 0.6) is 0 Å². The number of nitrogens with one attached hydrogen (secondary N) is 1. The van der Waals surface area contributed by atoms with E-state index in [-0.39, 0.29) is 22.4 Å². The van der Waals surface area contributed by atoms with Crippen LogP contribution in [-0.2, 0) is 6.42 Å². The molecular weight excluding hydrogens is 240 g/mol. The summed E-state index contributed by atoms with van der Waals surface area (Å²) in [4.78, 5) is 26.5. The van der Waals surface area contributed by atoms with Crippen molar-refractivity contribution in [2.45, 2.75) is 45.6 Å². The number of aromatic nitrogens is 2. The molecular formula is C12H17ClN2O2. The van der Waals surface area contributed by atoms with Gasteiger partial charge in [0.15, 0.2) is 0 Å². The van der Waals surface area contributed by atoms with Crippen molar-refractivity contribution in [2.24, 2.45) is 5.92 Å². The Morgan fingerprint density at radius 2 is 2.12 bits per heavy atom. The molecule has 1 aromatic rings. The van der Waals surface area contributed by atoms with Crippen molar-refractivity contribution in [3.05, 3.63) is 31.6 Å². The molecule has 2 unspecified atom stereocenters. The quantitative estimate of drug-likeness (QED) is 0.839. The predicted molar refractivity (Wildman–Crippen MR) is 67.8 cm³/mol. The van der Waals surface area contributed by atoms with Gasteiger partial charge in [-0.25, -0.2) is 4.79 Å². The standard InChI is InChI=1S/C12H17ClN2O2/c1-3-5-7-6-9(7)15-11(16)8(4-2)10(13)14-12(15)17/h7,9H,3-6H2,1-2H3,(H,14,17). The summed E-state index contributed by atoms with van der Waals surface area (Å²) in [7, 11) is 0. The molecule has 1 fully saturated rings. The Morgan fingerprint density at radius 3 is 2.71 bits per heavy atom. The fourth-order valence-electron chi connectivity index (χ4n) is 2.40. The average molecular weight is 257 g/mol. The molecule has 0 spiro atoms. The third kappa shape index (κ3) is 2.18. The zero-order valence-electron chi connectivity index (χ0n) is 10.1. The molecule has 4 nitrogen and oxygen atoms in total. The minimum absolute atomic E-state index is 0.0776. The second kappa shape index (κ2) is 4.69. The lowest BCUT2D eigenvalue weighted by Crippen LogP contribution is -2.37. The largest absolute Gasteiger partial charge is 0.329 e. The third-order valence-corrected chi connectivity index (χ3v) is 3.73. The summed E-state index contributed by atoms with van der Waals surface area (Å²) in [5.74, 6) is 0.477.